The number of aryl methyl sites for hydroxylation is 1. The van der Waals surface area contributed by atoms with E-state index in [4.69, 9.17) is 5.11 Å². The Morgan fingerprint density at radius 1 is 1.19 bits per heavy atom. The first-order chi connectivity index (χ1) is 9.90. The van der Waals surface area contributed by atoms with Crippen molar-refractivity contribution in [2.24, 2.45) is 0 Å². The van der Waals surface area contributed by atoms with Gasteiger partial charge >= 0.3 is 5.97 Å². The number of hydrogen-bond donors (Lipinski definition) is 1. The second kappa shape index (κ2) is 7.99. The van der Waals surface area contributed by atoms with E-state index < -0.39 is 5.97 Å². The highest BCUT2D eigenvalue weighted by atomic mass is 16.4. The van der Waals surface area contributed by atoms with E-state index in [1.807, 2.05) is 0 Å². The molecule has 0 heterocycles. The van der Waals surface area contributed by atoms with Crippen molar-refractivity contribution in [2.45, 2.75) is 34.1 Å². The molecule has 1 rings (SSSR count). The first kappa shape index (κ1) is 17.4. The topological polar surface area (TPSA) is 37.3 Å². The molecule has 3 heteroatoms. The van der Waals surface area contributed by atoms with Gasteiger partial charge in [0.05, 0.1) is 19.6 Å². The van der Waals surface area contributed by atoms with Gasteiger partial charge < -0.3 is 9.59 Å². The van der Waals surface area contributed by atoms with Gasteiger partial charge in [0, 0.05) is 0 Å². The van der Waals surface area contributed by atoms with E-state index in [0.29, 0.717) is 4.48 Å². The summed E-state index contributed by atoms with van der Waals surface area (Å²) in [6, 6.07) is 8.58. The summed E-state index contributed by atoms with van der Waals surface area (Å²) >= 11 is 0. The smallest absolute Gasteiger partial charge is 0.359 e. The molecule has 116 valence electrons. The maximum Gasteiger partial charge on any atom is 0.359 e. The fraction of sp³-hybridized carbons (Fsp3) is 0.500. The highest BCUT2D eigenvalue weighted by Gasteiger charge is 2.25. The van der Waals surface area contributed by atoms with E-state index in [0.717, 1.165) is 26.1 Å². The third-order valence-corrected chi connectivity index (χ3v) is 4.24. The number of likely N-dealkylation sites (N-methyl/N-ethyl adjacent to an activating group) is 1. The van der Waals surface area contributed by atoms with Gasteiger partial charge in [0.25, 0.3) is 0 Å². The number of rotatable bonds is 8. The number of quaternary nitrogens is 1. The van der Waals surface area contributed by atoms with E-state index in [1.165, 1.54) is 16.7 Å². The van der Waals surface area contributed by atoms with Crippen LogP contribution in [0.1, 0.15) is 31.9 Å². The molecular formula is C18H28NO2+. The molecule has 0 aliphatic rings. The molecule has 0 saturated carbocycles. The summed E-state index contributed by atoms with van der Waals surface area (Å²) in [5.41, 5.74) is 3.88. The summed E-state index contributed by atoms with van der Waals surface area (Å²) in [5.74, 6) is -0.719. The number of carbonyl (C=O) groups is 1. The number of nitrogens with zero attached hydrogens (tertiary/aromatic N) is 1. The van der Waals surface area contributed by atoms with Crippen LogP contribution in [0.15, 0.2) is 35.9 Å². The van der Waals surface area contributed by atoms with Crippen LogP contribution in [0.2, 0.25) is 0 Å². The SMILES string of the molecule is CC[N+](CC)(C/C=C(/C)Cc1ccc(C)cc1)CC(=O)O. The number of benzene rings is 1. The molecule has 0 aromatic heterocycles. The van der Waals surface area contributed by atoms with Crippen LogP contribution in [0.5, 0.6) is 0 Å². The van der Waals surface area contributed by atoms with Crippen LogP contribution in [0.25, 0.3) is 0 Å². The standard InChI is InChI=1S/C18H27NO2/c1-5-19(6-2,14-18(20)21)12-11-16(4)13-17-9-7-15(3)8-10-17/h7-11H,5-6,12-14H2,1-4H3/p+1/b16-11-. The lowest BCUT2D eigenvalue weighted by Crippen LogP contribution is -2.51. The van der Waals surface area contributed by atoms with Crippen LogP contribution in [-0.2, 0) is 11.2 Å². The summed E-state index contributed by atoms with van der Waals surface area (Å²) in [5, 5.41) is 9.10. The minimum absolute atomic E-state index is 0.196. The average molecular weight is 290 g/mol. The Bertz CT molecular complexity index is 484. The van der Waals surface area contributed by atoms with Gasteiger partial charge in [-0.3, -0.25) is 0 Å². The first-order valence-electron chi connectivity index (χ1n) is 7.69. The molecule has 0 saturated heterocycles. The lowest BCUT2D eigenvalue weighted by Gasteiger charge is -2.34. The Balaban J connectivity index is 2.71. The highest BCUT2D eigenvalue weighted by molar-refractivity contribution is 5.67. The molecule has 0 aliphatic heterocycles. The number of allylic oxidation sites excluding steroid dienone is 1. The van der Waals surface area contributed by atoms with E-state index in [1.54, 1.807) is 0 Å². The summed E-state index contributed by atoms with van der Waals surface area (Å²) in [6.07, 6.45) is 3.14. The van der Waals surface area contributed by atoms with E-state index in [2.05, 4.69) is 58.0 Å². The Kier molecular flexibility index (Phi) is 6.63. The zero-order valence-corrected chi connectivity index (χ0v) is 13.7. The molecule has 1 N–H and O–H groups in total. The highest BCUT2D eigenvalue weighted by Crippen LogP contribution is 2.12. The molecule has 21 heavy (non-hydrogen) atoms. The average Bonchev–Trinajstić information content (AvgIpc) is 2.45. The summed E-state index contributed by atoms with van der Waals surface area (Å²) in [4.78, 5) is 11.1. The van der Waals surface area contributed by atoms with Gasteiger partial charge in [-0.1, -0.05) is 35.4 Å². The first-order valence-corrected chi connectivity index (χ1v) is 7.69. The van der Waals surface area contributed by atoms with Crippen molar-refractivity contribution in [3.8, 4) is 0 Å². The fourth-order valence-corrected chi connectivity index (χ4v) is 2.51. The van der Waals surface area contributed by atoms with Gasteiger partial charge in [-0.2, -0.15) is 0 Å². The summed E-state index contributed by atoms with van der Waals surface area (Å²) in [7, 11) is 0. The van der Waals surface area contributed by atoms with Crippen LogP contribution >= 0.6 is 0 Å². The summed E-state index contributed by atoms with van der Waals surface area (Å²) in [6.45, 7) is 11.0. The molecule has 0 radical (unpaired) electrons. The van der Waals surface area contributed by atoms with Gasteiger partial charge in [0.2, 0.25) is 0 Å². The number of aliphatic carboxylic acids is 1. The van der Waals surface area contributed by atoms with Gasteiger partial charge in [-0.25, -0.2) is 4.79 Å². The fourth-order valence-electron chi connectivity index (χ4n) is 2.51. The largest absolute Gasteiger partial charge is 0.477 e. The van der Waals surface area contributed by atoms with Gasteiger partial charge in [-0.15, -0.1) is 0 Å². The maximum absolute atomic E-state index is 11.1. The second-order valence-corrected chi connectivity index (χ2v) is 5.92. The Labute approximate surface area is 128 Å². The lowest BCUT2D eigenvalue weighted by atomic mass is 10.0. The molecular weight excluding hydrogens is 262 g/mol. The van der Waals surface area contributed by atoms with Crippen LogP contribution in [0, 0.1) is 6.92 Å². The van der Waals surface area contributed by atoms with Gasteiger partial charge in [-0.05, 0) is 45.8 Å². The molecule has 3 nitrogen and oxygen atoms in total. The van der Waals surface area contributed by atoms with Gasteiger partial charge in [0.1, 0.15) is 0 Å². The van der Waals surface area contributed by atoms with Crippen molar-refractivity contribution >= 4 is 5.97 Å². The minimum Gasteiger partial charge on any atom is -0.477 e. The van der Waals surface area contributed by atoms with Crippen LogP contribution in [-0.4, -0.2) is 41.7 Å². The van der Waals surface area contributed by atoms with Crippen LogP contribution in [0.3, 0.4) is 0 Å². The molecule has 0 bridgehead atoms. The normalized spacial score (nSPS) is 12.5. The van der Waals surface area contributed by atoms with E-state index >= 15 is 0 Å². The Hall–Kier alpha value is -1.61. The molecule has 0 amide bonds. The molecule has 0 unspecified atom stereocenters. The lowest BCUT2D eigenvalue weighted by molar-refractivity contribution is -0.912. The molecule has 0 aliphatic carbocycles. The van der Waals surface area contributed by atoms with Crippen LogP contribution < -0.4 is 0 Å². The quantitative estimate of drug-likeness (QED) is 0.588. The van der Waals surface area contributed by atoms with Crippen molar-refractivity contribution in [3.63, 3.8) is 0 Å². The number of carboxylic acids is 1. The van der Waals surface area contributed by atoms with E-state index in [-0.39, 0.29) is 6.54 Å². The van der Waals surface area contributed by atoms with Crippen molar-refractivity contribution in [2.75, 3.05) is 26.2 Å². The van der Waals surface area contributed by atoms with Gasteiger partial charge in [0.15, 0.2) is 6.54 Å². The third-order valence-electron chi connectivity index (χ3n) is 4.24. The maximum atomic E-state index is 11.1. The van der Waals surface area contributed by atoms with Crippen molar-refractivity contribution in [3.05, 3.63) is 47.0 Å². The Morgan fingerprint density at radius 2 is 1.76 bits per heavy atom. The zero-order chi connectivity index (χ0) is 15.9. The molecule has 0 atom stereocenters. The molecule has 0 fully saturated rings. The zero-order valence-electron chi connectivity index (χ0n) is 13.7. The monoisotopic (exact) mass is 290 g/mol. The van der Waals surface area contributed by atoms with E-state index in [9.17, 15) is 4.79 Å². The molecule has 1 aromatic rings. The van der Waals surface area contributed by atoms with Crippen molar-refractivity contribution in [1.82, 2.24) is 0 Å². The minimum atomic E-state index is -0.719. The molecule has 0 spiro atoms. The Morgan fingerprint density at radius 3 is 2.24 bits per heavy atom. The summed E-state index contributed by atoms with van der Waals surface area (Å²) < 4.78 is 0.612. The van der Waals surface area contributed by atoms with Crippen molar-refractivity contribution in [1.29, 1.82) is 0 Å². The third kappa shape index (κ3) is 5.72. The second-order valence-electron chi connectivity index (χ2n) is 5.92. The predicted molar refractivity (Wildman–Crippen MR) is 87.4 cm³/mol. The molecule has 1 aromatic carbocycles. The predicted octanol–water partition coefficient (Wildman–Crippen LogP) is 3.43. The number of carboxylic acid groups (broad SMARTS) is 1. The van der Waals surface area contributed by atoms with Crippen molar-refractivity contribution < 1.29 is 14.4 Å². The van der Waals surface area contributed by atoms with Crippen LogP contribution in [0.4, 0.5) is 0 Å². The number of hydrogen-bond acceptors (Lipinski definition) is 1.